The largest absolute Gasteiger partial charge is 0.504 e. The topological polar surface area (TPSA) is 163 Å². The highest BCUT2D eigenvalue weighted by molar-refractivity contribution is 5.85. The maximum atomic E-state index is 13.6. The zero-order valence-electron chi connectivity index (χ0n) is 22.8. The number of phenols is 1. The van der Waals surface area contributed by atoms with Gasteiger partial charge in [0.25, 0.3) is 0 Å². The molecular weight excluding hydrogens is 570 g/mol. The number of likely N-dealkylation sites (N-methyl/N-ethyl adjacent to an activating group) is 1. The zero-order valence-corrected chi connectivity index (χ0v) is 23.6. The van der Waals surface area contributed by atoms with Gasteiger partial charge in [0.15, 0.2) is 23.7 Å². The van der Waals surface area contributed by atoms with Crippen LogP contribution in [0.1, 0.15) is 48.5 Å². The molecule has 2 aromatic rings. The molecule has 12 heteroatoms. The van der Waals surface area contributed by atoms with Crippen LogP contribution in [-0.2, 0) is 35.7 Å². The number of aliphatic hydroxyl groups excluding tert-OH is 1. The lowest BCUT2D eigenvalue weighted by atomic mass is 9.52. The number of rotatable bonds is 7. The minimum absolute atomic E-state index is 0. The molecule has 42 heavy (non-hydrogen) atoms. The minimum Gasteiger partial charge on any atom is -0.504 e. The number of hydrogen-bond acceptors (Lipinski definition) is 10. The molecule has 0 radical (unpaired) electrons. The van der Waals surface area contributed by atoms with Gasteiger partial charge in [-0.3, -0.25) is 4.79 Å². The van der Waals surface area contributed by atoms with E-state index in [0.717, 1.165) is 24.1 Å². The van der Waals surface area contributed by atoms with Crippen molar-refractivity contribution in [1.29, 1.82) is 0 Å². The molecule has 0 aromatic heterocycles. The van der Waals surface area contributed by atoms with Crippen molar-refractivity contribution in [1.82, 2.24) is 4.90 Å². The number of aromatic hydroxyl groups is 1. The van der Waals surface area contributed by atoms with E-state index in [9.17, 15) is 29.7 Å². The van der Waals surface area contributed by atoms with Gasteiger partial charge in [0.2, 0.25) is 6.10 Å². The summed E-state index contributed by atoms with van der Waals surface area (Å²) in [5, 5.41) is 41.7. The number of aliphatic hydroxyl groups is 2. The maximum absolute atomic E-state index is 13.6. The van der Waals surface area contributed by atoms with E-state index in [4.69, 9.17) is 19.3 Å². The molecule has 2 aliphatic carbocycles. The van der Waals surface area contributed by atoms with Gasteiger partial charge >= 0.3 is 17.9 Å². The maximum Gasteiger partial charge on any atom is 0.357 e. The van der Waals surface area contributed by atoms with Crippen LogP contribution in [0.2, 0.25) is 0 Å². The number of benzene rings is 2. The predicted molar refractivity (Wildman–Crippen MR) is 148 cm³/mol. The normalized spacial score (nSPS) is 28.5. The first-order valence-corrected chi connectivity index (χ1v) is 13.6. The Kier molecular flexibility index (Phi) is 7.73. The van der Waals surface area contributed by atoms with Gasteiger partial charge in [0, 0.05) is 23.6 Å². The van der Waals surface area contributed by atoms with Gasteiger partial charge < -0.3 is 39.5 Å². The predicted octanol–water partition coefficient (Wildman–Crippen LogP) is 2.15. The van der Waals surface area contributed by atoms with Crippen LogP contribution < -0.4 is 4.74 Å². The molecule has 0 amide bonds. The van der Waals surface area contributed by atoms with Crippen LogP contribution in [0.4, 0.5) is 0 Å². The first kappa shape index (κ1) is 29.8. The first-order valence-electron chi connectivity index (χ1n) is 13.6. The number of halogens is 1. The van der Waals surface area contributed by atoms with Gasteiger partial charge in [-0.1, -0.05) is 36.4 Å². The van der Waals surface area contributed by atoms with E-state index in [2.05, 4.69) is 4.90 Å². The highest BCUT2D eigenvalue weighted by Gasteiger charge is 2.71. The van der Waals surface area contributed by atoms with Crippen molar-refractivity contribution in [2.24, 2.45) is 0 Å². The third-order valence-electron chi connectivity index (χ3n) is 9.01. The third kappa shape index (κ3) is 4.43. The fraction of sp³-hybridized carbons (Fsp3) is 0.433. The Morgan fingerprint density at radius 3 is 2.62 bits per heavy atom. The van der Waals surface area contributed by atoms with E-state index in [1.165, 1.54) is 0 Å². The summed E-state index contributed by atoms with van der Waals surface area (Å²) in [6.07, 6.45) is -1.71. The van der Waals surface area contributed by atoms with E-state index in [-0.39, 0.29) is 47.7 Å². The number of esters is 2. The summed E-state index contributed by atoms with van der Waals surface area (Å²) in [4.78, 5) is 39.3. The van der Waals surface area contributed by atoms with Gasteiger partial charge in [-0.15, -0.1) is 12.4 Å². The van der Waals surface area contributed by atoms with Crippen molar-refractivity contribution in [3.63, 3.8) is 0 Å². The van der Waals surface area contributed by atoms with Crippen molar-refractivity contribution in [2.45, 2.75) is 67.5 Å². The zero-order chi connectivity index (χ0) is 29.1. The Balaban J connectivity index is 0.00000353. The number of ether oxygens (including phenoxy) is 3. The fourth-order valence-electron chi connectivity index (χ4n) is 7.17. The molecule has 2 heterocycles. The van der Waals surface area contributed by atoms with Gasteiger partial charge in [-0.05, 0) is 50.6 Å². The summed E-state index contributed by atoms with van der Waals surface area (Å²) in [6, 6.07) is 11.3. The standard InChI is InChI=1S/C30H31NO10.ClH/c1-31-13-5-11-29-23-17-8-9-18(32)25(23)41-26(29)20(10-12-30(29,38)21(31)14-17)39-28(37)24(16-6-3-2-4-7-16)40-22(34)15-19(33)27(35)36;/h2-4,6-10,19,21,24,26,32-33,38H,5,11-15H2,1H3,(H,35,36);1H/t19-,21+,24-,26-,29-,30+;/m0./s1. The van der Waals surface area contributed by atoms with E-state index < -0.39 is 53.7 Å². The second-order valence-corrected chi connectivity index (χ2v) is 11.2. The second-order valence-electron chi connectivity index (χ2n) is 11.2. The van der Waals surface area contributed by atoms with E-state index in [1.54, 1.807) is 42.5 Å². The highest BCUT2D eigenvalue weighted by atomic mass is 35.5. The average molecular weight is 602 g/mol. The number of phenolic OH excluding ortho intramolecular Hbond substituents is 1. The number of likely N-dealkylation sites (tertiary alicyclic amines) is 1. The monoisotopic (exact) mass is 601 g/mol. The van der Waals surface area contributed by atoms with Crippen LogP contribution in [0.25, 0.3) is 0 Å². The van der Waals surface area contributed by atoms with Crippen LogP contribution in [0.15, 0.2) is 54.3 Å². The van der Waals surface area contributed by atoms with Gasteiger partial charge in [-0.2, -0.15) is 0 Å². The minimum atomic E-state index is -1.99. The SMILES string of the molecule is CN1CCC[C@]23c4c5ccc(O)c4O[C@H]2C(OC(=O)[C@@H](OC(=O)C[C@H](O)C(=O)O)c2ccccc2)=CC[C@@]3(O)[C@H]1C5.Cl. The molecule has 1 spiro atoms. The lowest BCUT2D eigenvalue weighted by Crippen LogP contribution is -2.69. The van der Waals surface area contributed by atoms with Crippen molar-refractivity contribution >= 4 is 30.3 Å². The Labute approximate surface area is 247 Å². The van der Waals surface area contributed by atoms with Crippen molar-refractivity contribution < 1.29 is 49.0 Å². The molecule has 6 rings (SSSR count). The van der Waals surface area contributed by atoms with E-state index >= 15 is 0 Å². The number of hydrogen-bond donors (Lipinski definition) is 4. The van der Waals surface area contributed by atoms with E-state index in [0.29, 0.717) is 12.8 Å². The molecule has 6 atom stereocenters. The summed E-state index contributed by atoms with van der Waals surface area (Å²) in [6.45, 7) is 0.750. The smallest absolute Gasteiger partial charge is 0.357 e. The number of carboxylic acid groups (broad SMARTS) is 1. The summed E-state index contributed by atoms with van der Waals surface area (Å²) in [5.74, 6) is -3.31. The number of carbonyl (C=O) groups excluding carboxylic acids is 2. The molecule has 224 valence electrons. The quantitative estimate of drug-likeness (QED) is 0.344. The van der Waals surface area contributed by atoms with Gasteiger partial charge in [-0.25, -0.2) is 9.59 Å². The lowest BCUT2D eigenvalue weighted by molar-refractivity contribution is -0.172. The second kappa shape index (κ2) is 10.9. The number of aliphatic carboxylic acids is 1. The average Bonchev–Trinajstić information content (AvgIpc) is 3.29. The molecular formula is C30H32ClNO10. The molecule has 2 aliphatic heterocycles. The van der Waals surface area contributed by atoms with E-state index in [1.807, 2.05) is 13.1 Å². The summed E-state index contributed by atoms with van der Waals surface area (Å²) < 4.78 is 17.6. The highest BCUT2D eigenvalue weighted by Crippen LogP contribution is 2.65. The number of carbonyl (C=O) groups is 3. The molecule has 11 nitrogen and oxygen atoms in total. The molecule has 4 N–H and O–H groups in total. The van der Waals surface area contributed by atoms with Crippen molar-refractivity contribution in [3.05, 3.63) is 71.0 Å². The lowest BCUT2D eigenvalue weighted by Gasteiger charge is -2.56. The molecule has 0 saturated carbocycles. The summed E-state index contributed by atoms with van der Waals surface area (Å²) in [7, 11) is 1.98. The Morgan fingerprint density at radius 2 is 1.90 bits per heavy atom. The number of carboxylic acids is 1. The third-order valence-corrected chi connectivity index (χ3v) is 9.01. The Morgan fingerprint density at radius 1 is 1.17 bits per heavy atom. The molecule has 1 saturated heterocycles. The van der Waals surface area contributed by atoms with Crippen LogP contribution >= 0.6 is 12.4 Å². The van der Waals surface area contributed by atoms with Crippen molar-refractivity contribution in [2.75, 3.05) is 13.6 Å². The van der Waals surface area contributed by atoms with Gasteiger partial charge in [0.1, 0.15) is 5.76 Å². The summed E-state index contributed by atoms with van der Waals surface area (Å²) >= 11 is 0. The fourth-order valence-corrected chi connectivity index (χ4v) is 7.17. The first-order chi connectivity index (χ1) is 19.6. The molecule has 0 unspecified atom stereocenters. The molecule has 2 bridgehead atoms. The van der Waals surface area contributed by atoms with Crippen molar-refractivity contribution in [3.8, 4) is 11.5 Å². The molecule has 4 aliphatic rings. The van der Waals surface area contributed by atoms with Crippen LogP contribution in [-0.4, -0.2) is 80.7 Å². The Bertz CT molecular complexity index is 1450. The van der Waals surface area contributed by atoms with Crippen LogP contribution in [0.3, 0.4) is 0 Å². The van der Waals surface area contributed by atoms with Gasteiger partial charge in [0.05, 0.1) is 17.4 Å². The number of nitrogens with zero attached hydrogens (tertiary/aromatic N) is 1. The van der Waals surface area contributed by atoms with Crippen LogP contribution in [0, 0.1) is 0 Å². The summed E-state index contributed by atoms with van der Waals surface area (Å²) in [5.41, 5.74) is -0.260. The van der Waals surface area contributed by atoms with Crippen LogP contribution in [0.5, 0.6) is 11.5 Å². The molecule has 2 aromatic carbocycles. The Hall–Kier alpha value is -3.64. The molecule has 1 fully saturated rings.